The summed E-state index contributed by atoms with van der Waals surface area (Å²) in [5, 5.41) is 22.3. The Morgan fingerprint density at radius 2 is 2.16 bits per heavy atom. The van der Waals surface area contributed by atoms with Crippen molar-refractivity contribution in [2.75, 3.05) is 6.61 Å². The van der Waals surface area contributed by atoms with Gasteiger partial charge in [-0.3, -0.25) is 14.9 Å². The van der Waals surface area contributed by atoms with Crippen molar-refractivity contribution in [3.8, 4) is 0 Å². The zero-order valence-corrected chi connectivity index (χ0v) is 11.3. The molecule has 0 saturated carbocycles. The molecule has 0 bridgehead atoms. The number of carbonyl (C=O) groups is 1. The molecule has 0 aliphatic carbocycles. The highest BCUT2D eigenvalue weighted by Crippen LogP contribution is 2.25. The van der Waals surface area contributed by atoms with Crippen LogP contribution in [0.1, 0.15) is 24.2 Å². The Bertz CT molecular complexity index is 491. The molecule has 1 amide bonds. The Morgan fingerprint density at radius 3 is 2.58 bits per heavy atom. The first-order chi connectivity index (χ1) is 8.86. The molecule has 0 aromatic heterocycles. The minimum Gasteiger partial charge on any atom is -0.394 e. The number of halogens is 1. The fourth-order valence-corrected chi connectivity index (χ4v) is 1.72. The number of benzene rings is 1. The smallest absolute Gasteiger partial charge is 0.287 e. The van der Waals surface area contributed by atoms with Gasteiger partial charge in [-0.2, -0.15) is 0 Å². The lowest BCUT2D eigenvalue weighted by Crippen LogP contribution is -2.41. The molecule has 7 heteroatoms. The Hall–Kier alpha value is -1.66. The summed E-state index contributed by atoms with van der Waals surface area (Å²) in [6, 6.07) is 3.37. The molecule has 6 nitrogen and oxygen atoms in total. The molecule has 1 aromatic rings. The van der Waals surface area contributed by atoms with Crippen LogP contribution in [0.25, 0.3) is 0 Å². The van der Waals surface area contributed by atoms with Gasteiger partial charge in [0.15, 0.2) is 0 Å². The summed E-state index contributed by atoms with van der Waals surface area (Å²) < 4.78 is 0. The number of hydrogen-bond donors (Lipinski definition) is 2. The predicted octanol–water partition coefficient (Wildman–Crippen LogP) is 1.99. The first kappa shape index (κ1) is 15.4. The van der Waals surface area contributed by atoms with Gasteiger partial charge < -0.3 is 10.4 Å². The maximum atomic E-state index is 11.9. The van der Waals surface area contributed by atoms with Gasteiger partial charge in [-0.25, -0.2) is 0 Å². The minimum absolute atomic E-state index is 0.0717. The largest absolute Gasteiger partial charge is 0.394 e. The van der Waals surface area contributed by atoms with Gasteiger partial charge >= 0.3 is 0 Å². The summed E-state index contributed by atoms with van der Waals surface area (Å²) in [7, 11) is 0. The van der Waals surface area contributed by atoms with E-state index in [9.17, 15) is 14.9 Å². The highest BCUT2D eigenvalue weighted by Gasteiger charge is 2.19. The van der Waals surface area contributed by atoms with Gasteiger partial charge in [-0.05, 0) is 18.1 Å². The van der Waals surface area contributed by atoms with Gasteiger partial charge in [-0.1, -0.05) is 25.4 Å². The molecule has 1 rings (SSSR count). The number of hydrogen-bond acceptors (Lipinski definition) is 4. The van der Waals surface area contributed by atoms with E-state index < -0.39 is 10.8 Å². The van der Waals surface area contributed by atoms with Crippen LogP contribution in [-0.2, 0) is 0 Å². The summed E-state index contributed by atoms with van der Waals surface area (Å²) in [5.41, 5.74) is -0.0320. The second kappa shape index (κ2) is 6.49. The van der Waals surface area contributed by atoms with Crippen LogP contribution in [0.4, 0.5) is 5.69 Å². The van der Waals surface area contributed by atoms with Crippen molar-refractivity contribution in [3.63, 3.8) is 0 Å². The normalized spacial score (nSPS) is 12.3. The van der Waals surface area contributed by atoms with E-state index in [1.165, 1.54) is 18.2 Å². The molecule has 1 atom stereocenters. The number of rotatable bonds is 5. The molecule has 1 unspecified atom stereocenters. The number of nitrogens with one attached hydrogen (secondary N) is 1. The lowest BCUT2D eigenvalue weighted by atomic mass is 10.0. The Kier molecular flexibility index (Phi) is 5.26. The summed E-state index contributed by atoms with van der Waals surface area (Å²) in [4.78, 5) is 21.9. The number of nitro groups is 1. The van der Waals surface area contributed by atoms with Crippen molar-refractivity contribution < 1.29 is 14.8 Å². The molecule has 0 radical (unpaired) electrons. The molecule has 0 spiro atoms. The van der Waals surface area contributed by atoms with Crippen molar-refractivity contribution in [3.05, 3.63) is 38.9 Å². The topological polar surface area (TPSA) is 92.5 Å². The van der Waals surface area contributed by atoms with E-state index >= 15 is 0 Å². The van der Waals surface area contributed by atoms with E-state index in [0.717, 1.165) is 0 Å². The van der Waals surface area contributed by atoms with Crippen LogP contribution in [0.3, 0.4) is 0 Å². The van der Waals surface area contributed by atoms with Gasteiger partial charge in [0.1, 0.15) is 5.02 Å². The number of amides is 1. The average molecular weight is 287 g/mol. The fourth-order valence-electron chi connectivity index (χ4n) is 1.47. The SMILES string of the molecule is CC(C)C(CO)NC(=O)c1ccc([N+](=O)[O-])c(Cl)c1. The van der Waals surface area contributed by atoms with E-state index in [0.29, 0.717) is 0 Å². The molecular weight excluding hydrogens is 272 g/mol. The second-order valence-corrected chi connectivity index (χ2v) is 4.84. The number of nitrogens with zero attached hydrogens (tertiary/aromatic N) is 1. The quantitative estimate of drug-likeness (QED) is 0.639. The third kappa shape index (κ3) is 3.90. The summed E-state index contributed by atoms with van der Waals surface area (Å²) in [6.45, 7) is 3.55. The summed E-state index contributed by atoms with van der Waals surface area (Å²) in [6.07, 6.45) is 0. The number of nitro benzene ring substituents is 1. The average Bonchev–Trinajstić information content (AvgIpc) is 2.34. The molecule has 1 aromatic carbocycles. The van der Waals surface area contributed by atoms with Crippen LogP contribution in [0.2, 0.25) is 5.02 Å². The van der Waals surface area contributed by atoms with Crippen LogP contribution >= 0.6 is 11.6 Å². The number of carbonyl (C=O) groups excluding carboxylic acids is 1. The molecule has 19 heavy (non-hydrogen) atoms. The zero-order valence-electron chi connectivity index (χ0n) is 10.6. The van der Waals surface area contributed by atoms with Crippen LogP contribution in [-0.4, -0.2) is 28.6 Å². The molecular formula is C12H15ClN2O4. The third-order valence-electron chi connectivity index (χ3n) is 2.72. The maximum Gasteiger partial charge on any atom is 0.287 e. The van der Waals surface area contributed by atoms with E-state index in [2.05, 4.69) is 5.32 Å². The van der Waals surface area contributed by atoms with Crippen LogP contribution in [0.5, 0.6) is 0 Å². The molecule has 104 valence electrons. The summed E-state index contributed by atoms with van der Waals surface area (Å²) in [5.74, 6) is -0.355. The van der Waals surface area contributed by atoms with Gasteiger partial charge in [-0.15, -0.1) is 0 Å². The molecule has 0 aliphatic heterocycles. The van der Waals surface area contributed by atoms with Crippen molar-refractivity contribution in [1.29, 1.82) is 0 Å². The highest BCUT2D eigenvalue weighted by atomic mass is 35.5. The highest BCUT2D eigenvalue weighted by molar-refractivity contribution is 6.33. The van der Waals surface area contributed by atoms with Crippen molar-refractivity contribution >= 4 is 23.2 Å². The third-order valence-corrected chi connectivity index (χ3v) is 3.03. The van der Waals surface area contributed by atoms with Crippen molar-refractivity contribution in [1.82, 2.24) is 5.32 Å². The first-order valence-electron chi connectivity index (χ1n) is 5.72. The second-order valence-electron chi connectivity index (χ2n) is 4.43. The van der Waals surface area contributed by atoms with E-state index in [-0.39, 0.29) is 34.8 Å². The van der Waals surface area contributed by atoms with Crippen LogP contribution < -0.4 is 5.32 Å². The lowest BCUT2D eigenvalue weighted by Gasteiger charge is -2.19. The molecule has 0 aliphatic rings. The Labute approximate surface area is 115 Å². The summed E-state index contributed by atoms with van der Waals surface area (Å²) >= 11 is 5.73. The van der Waals surface area contributed by atoms with Gasteiger partial charge in [0.05, 0.1) is 17.6 Å². The van der Waals surface area contributed by atoms with Gasteiger partial charge in [0.2, 0.25) is 0 Å². The van der Waals surface area contributed by atoms with Crippen LogP contribution in [0.15, 0.2) is 18.2 Å². The molecule has 0 saturated heterocycles. The van der Waals surface area contributed by atoms with Gasteiger partial charge in [0.25, 0.3) is 11.6 Å². The minimum atomic E-state index is -0.616. The molecule has 0 fully saturated rings. The monoisotopic (exact) mass is 286 g/mol. The fraction of sp³-hybridized carbons (Fsp3) is 0.417. The molecule has 2 N–H and O–H groups in total. The Morgan fingerprint density at radius 1 is 1.53 bits per heavy atom. The molecule has 0 heterocycles. The zero-order chi connectivity index (χ0) is 14.6. The standard InChI is InChI=1S/C12H15ClN2O4/c1-7(2)10(6-16)14-12(17)8-3-4-11(15(18)19)9(13)5-8/h3-5,7,10,16H,6H2,1-2H3,(H,14,17). The Balaban J connectivity index is 2.89. The van der Waals surface area contributed by atoms with E-state index in [4.69, 9.17) is 16.7 Å². The van der Waals surface area contributed by atoms with E-state index in [1.54, 1.807) is 0 Å². The van der Waals surface area contributed by atoms with Crippen molar-refractivity contribution in [2.45, 2.75) is 19.9 Å². The van der Waals surface area contributed by atoms with Crippen LogP contribution in [0, 0.1) is 16.0 Å². The first-order valence-corrected chi connectivity index (χ1v) is 6.10. The lowest BCUT2D eigenvalue weighted by molar-refractivity contribution is -0.384. The maximum absolute atomic E-state index is 11.9. The van der Waals surface area contributed by atoms with Gasteiger partial charge in [0, 0.05) is 11.6 Å². The van der Waals surface area contributed by atoms with E-state index in [1.807, 2.05) is 13.8 Å². The number of aliphatic hydroxyl groups excluding tert-OH is 1. The predicted molar refractivity (Wildman–Crippen MR) is 71.3 cm³/mol. The van der Waals surface area contributed by atoms with Crippen molar-refractivity contribution in [2.24, 2.45) is 5.92 Å². The number of aliphatic hydroxyl groups is 1.